The summed E-state index contributed by atoms with van der Waals surface area (Å²) in [4.78, 5) is 17.0. The van der Waals surface area contributed by atoms with Crippen molar-refractivity contribution < 1.29 is 18.9 Å². The Morgan fingerprint density at radius 2 is 1.77 bits per heavy atom. The summed E-state index contributed by atoms with van der Waals surface area (Å²) in [6.07, 6.45) is 0. The molecule has 0 amide bonds. The van der Waals surface area contributed by atoms with Crippen molar-refractivity contribution in [1.82, 2.24) is 0 Å². The second kappa shape index (κ2) is 4.23. The Bertz CT molecular complexity index is 224. The van der Waals surface area contributed by atoms with Crippen LogP contribution in [-0.4, -0.2) is 20.2 Å². The van der Waals surface area contributed by atoms with Gasteiger partial charge in [-0.1, -0.05) is 37.0 Å². The van der Waals surface area contributed by atoms with Crippen LogP contribution in [0, 0.1) is 5.41 Å². The average Bonchev–Trinajstić information content (AvgIpc) is 1.81. The summed E-state index contributed by atoms with van der Waals surface area (Å²) in [5, 5.41) is 0. The van der Waals surface area contributed by atoms with Gasteiger partial charge in [-0.05, 0) is 0 Å². The van der Waals surface area contributed by atoms with E-state index in [1.165, 1.54) is 13.8 Å². The fourth-order valence-corrected chi connectivity index (χ4v) is 1.89. The molecule has 0 unspecified atom stereocenters. The molecule has 0 aromatic carbocycles. The third kappa shape index (κ3) is 4.34. The lowest BCUT2D eigenvalue weighted by Crippen LogP contribution is -2.37. The van der Waals surface area contributed by atoms with Gasteiger partial charge in [0.15, 0.2) is 0 Å². The summed E-state index contributed by atoms with van der Waals surface area (Å²) >= 11 is 16.7. The number of halogens is 3. The quantitative estimate of drug-likeness (QED) is 0.609. The Morgan fingerprint density at radius 1 is 1.38 bits per heavy atom. The van der Waals surface area contributed by atoms with E-state index in [-0.39, 0.29) is 5.88 Å². The summed E-state index contributed by atoms with van der Waals surface area (Å²) in [5.41, 5.74) is -0.973. The molecule has 0 bridgehead atoms. The lowest BCUT2D eigenvalue weighted by molar-refractivity contribution is 0.0811. The molecule has 0 aliphatic carbocycles. The molecule has 0 aliphatic heterocycles. The molecule has 0 aromatic heterocycles. The van der Waals surface area contributed by atoms with Gasteiger partial charge in [-0.15, -0.1) is 11.6 Å². The van der Waals surface area contributed by atoms with Gasteiger partial charge in [-0.3, -0.25) is 0 Å². The second-order valence-corrected chi connectivity index (χ2v) is 5.81. The summed E-state index contributed by atoms with van der Waals surface area (Å²) in [7, 11) is -4.72. The van der Waals surface area contributed by atoms with E-state index in [2.05, 4.69) is 4.52 Å². The molecule has 4 nitrogen and oxygen atoms in total. The molecular weight excluding hydrogens is 261 g/mol. The van der Waals surface area contributed by atoms with E-state index >= 15 is 0 Å². The predicted molar refractivity (Wildman–Crippen MR) is 52.1 cm³/mol. The van der Waals surface area contributed by atoms with Crippen LogP contribution in [-0.2, 0) is 9.09 Å². The summed E-state index contributed by atoms with van der Waals surface area (Å²) in [6.45, 7) is 3.05. The monoisotopic (exact) mass is 270 g/mol. The van der Waals surface area contributed by atoms with E-state index in [1.54, 1.807) is 0 Å². The maximum absolute atomic E-state index is 10.5. The van der Waals surface area contributed by atoms with Crippen LogP contribution < -0.4 is 0 Å². The SMILES string of the molecule is CC(C)(CCl)C(Cl)(Cl)OP(=O)(O)O. The fraction of sp³-hybridized carbons (Fsp3) is 1.00. The van der Waals surface area contributed by atoms with Crippen molar-refractivity contribution in [2.75, 3.05) is 5.88 Å². The standard InChI is InChI=1S/C5H10Cl3O4P/c1-4(2,3-6)5(7,8)12-13(9,10)11/h3H2,1-2H3,(H2,9,10,11). The van der Waals surface area contributed by atoms with E-state index in [4.69, 9.17) is 44.6 Å². The van der Waals surface area contributed by atoms with Crippen LogP contribution in [0.25, 0.3) is 0 Å². The summed E-state index contributed by atoms with van der Waals surface area (Å²) in [5.74, 6) is 0. The lowest BCUT2D eigenvalue weighted by Gasteiger charge is -2.34. The normalized spacial score (nSPS) is 14.7. The third-order valence-corrected chi connectivity index (χ3v) is 3.93. The molecule has 0 atom stereocenters. The molecule has 0 aliphatic rings. The predicted octanol–water partition coefficient (Wildman–Crippen LogP) is 2.49. The minimum Gasteiger partial charge on any atom is -0.303 e. The molecular formula is C5H10Cl3O4P. The molecule has 0 rings (SSSR count). The molecule has 0 saturated heterocycles. The van der Waals surface area contributed by atoms with Crippen molar-refractivity contribution in [2.24, 2.45) is 5.41 Å². The highest BCUT2D eigenvalue weighted by atomic mass is 35.5. The number of hydrogen-bond acceptors (Lipinski definition) is 2. The number of hydrogen-bond donors (Lipinski definition) is 2. The average molecular weight is 271 g/mol. The largest absolute Gasteiger partial charge is 0.472 e. The van der Waals surface area contributed by atoms with E-state index in [0.29, 0.717) is 0 Å². The lowest BCUT2D eigenvalue weighted by atomic mass is 9.97. The highest BCUT2D eigenvalue weighted by Gasteiger charge is 2.47. The second-order valence-electron chi connectivity index (χ2n) is 3.12. The Hall–Kier alpha value is 0.980. The molecule has 13 heavy (non-hydrogen) atoms. The highest BCUT2D eigenvalue weighted by molar-refractivity contribution is 7.46. The minimum atomic E-state index is -4.72. The van der Waals surface area contributed by atoms with E-state index in [0.717, 1.165) is 0 Å². The maximum atomic E-state index is 10.5. The van der Waals surface area contributed by atoms with Crippen LogP contribution in [0.4, 0.5) is 0 Å². The Morgan fingerprint density at radius 3 is 2.00 bits per heavy atom. The smallest absolute Gasteiger partial charge is 0.303 e. The van der Waals surface area contributed by atoms with E-state index in [1.807, 2.05) is 0 Å². The molecule has 0 aromatic rings. The molecule has 0 saturated carbocycles. The van der Waals surface area contributed by atoms with E-state index in [9.17, 15) is 4.57 Å². The molecule has 0 fully saturated rings. The molecule has 8 heteroatoms. The molecule has 0 heterocycles. The molecule has 2 N–H and O–H groups in total. The van der Waals surface area contributed by atoms with Crippen molar-refractivity contribution in [1.29, 1.82) is 0 Å². The van der Waals surface area contributed by atoms with Crippen molar-refractivity contribution in [3.63, 3.8) is 0 Å². The molecule has 80 valence electrons. The van der Waals surface area contributed by atoms with Crippen LogP contribution in [0.2, 0.25) is 0 Å². The first-order chi connectivity index (χ1) is 5.52. The zero-order chi connectivity index (χ0) is 10.9. The van der Waals surface area contributed by atoms with Gasteiger partial charge in [0.25, 0.3) is 0 Å². The molecule has 0 radical (unpaired) electrons. The van der Waals surface area contributed by atoms with Gasteiger partial charge >= 0.3 is 7.82 Å². The number of phosphoric acid groups is 1. The van der Waals surface area contributed by atoms with Crippen molar-refractivity contribution in [3.8, 4) is 0 Å². The first-order valence-electron chi connectivity index (χ1n) is 3.22. The van der Waals surface area contributed by atoms with Crippen LogP contribution in [0.1, 0.15) is 13.8 Å². The first kappa shape index (κ1) is 14.0. The van der Waals surface area contributed by atoms with Crippen LogP contribution in [0.15, 0.2) is 0 Å². The van der Waals surface area contributed by atoms with Crippen molar-refractivity contribution >= 4 is 42.6 Å². The van der Waals surface area contributed by atoms with Crippen LogP contribution >= 0.6 is 42.6 Å². The Labute approximate surface area is 91.4 Å². The molecule has 0 spiro atoms. The summed E-state index contributed by atoms with van der Waals surface area (Å²) < 4.78 is 12.6. The van der Waals surface area contributed by atoms with Gasteiger partial charge in [0.2, 0.25) is 4.52 Å². The van der Waals surface area contributed by atoms with Gasteiger partial charge in [0, 0.05) is 11.3 Å². The van der Waals surface area contributed by atoms with Gasteiger partial charge in [-0.2, -0.15) is 0 Å². The Balaban J connectivity index is 4.68. The van der Waals surface area contributed by atoms with Gasteiger partial charge < -0.3 is 9.79 Å². The van der Waals surface area contributed by atoms with Crippen LogP contribution in [0.5, 0.6) is 0 Å². The van der Waals surface area contributed by atoms with Crippen molar-refractivity contribution in [3.05, 3.63) is 0 Å². The fourth-order valence-electron chi connectivity index (χ4n) is 0.351. The maximum Gasteiger partial charge on any atom is 0.472 e. The van der Waals surface area contributed by atoms with Crippen LogP contribution in [0.3, 0.4) is 0 Å². The van der Waals surface area contributed by atoms with Crippen molar-refractivity contribution in [2.45, 2.75) is 18.4 Å². The Kier molecular flexibility index (Phi) is 4.55. The van der Waals surface area contributed by atoms with E-state index < -0.39 is 17.8 Å². The van der Waals surface area contributed by atoms with Gasteiger partial charge in [0.1, 0.15) is 0 Å². The topological polar surface area (TPSA) is 66.8 Å². The van der Waals surface area contributed by atoms with Gasteiger partial charge in [0.05, 0.1) is 0 Å². The zero-order valence-electron chi connectivity index (χ0n) is 7.00. The number of rotatable bonds is 4. The highest BCUT2D eigenvalue weighted by Crippen LogP contribution is 2.52. The third-order valence-electron chi connectivity index (χ3n) is 1.36. The van der Waals surface area contributed by atoms with Gasteiger partial charge in [-0.25, -0.2) is 9.09 Å². The first-order valence-corrected chi connectivity index (χ1v) is 6.04. The number of alkyl halides is 3. The summed E-state index contributed by atoms with van der Waals surface area (Å²) in [6, 6.07) is 0. The number of phosphoric ester groups is 1. The zero-order valence-corrected chi connectivity index (χ0v) is 10.2. The minimum absolute atomic E-state index is 0.